The van der Waals surface area contributed by atoms with Crippen molar-refractivity contribution in [2.24, 2.45) is 5.92 Å². The van der Waals surface area contributed by atoms with Gasteiger partial charge in [0.2, 0.25) is 0 Å². The molecule has 2 aliphatic rings. The van der Waals surface area contributed by atoms with E-state index in [1.54, 1.807) is 0 Å². The number of halogens is 2. The summed E-state index contributed by atoms with van der Waals surface area (Å²) in [5.41, 5.74) is -0.134. The first kappa shape index (κ1) is 17.1. The third-order valence-electron chi connectivity index (χ3n) is 4.79. The summed E-state index contributed by atoms with van der Waals surface area (Å²) in [6.45, 7) is 0.382. The van der Waals surface area contributed by atoms with Crippen LogP contribution >= 0.6 is 0 Å². The molecular formula is C15H19F2N3O3S. The summed E-state index contributed by atoms with van der Waals surface area (Å²) in [5.74, 6) is -1.67. The van der Waals surface area contributed by atoms with Gasteiger partial charge in [-0.2, -0.15) is 0 Å². The topological polar surface area (TPSA) is 69.7 Å². The molecule has 0 aliphatic carbocycles. The molecule has 3 rings (SSSR count). The van der Waals surface area contributed by atoms with Crippen LogP contribution < -0.4 is 5.32 Å². The molecule has 9 heteroatoms. The highest BCUT2D eigenvalue weighted by Crippen LogP contribution is 2.36. The lowest BCUT2D eigenvalue weighted by Crippen LogP contribution is -2.40. The zero-order chi connectivity index (χ0) is 17.6. The molecule has 0 bridgehead atoms. The molecule has 2 heterocycles. The molecule has 24 heavy (non-hydrogen) atoms. The number of hydrogen-bond acceptors (Lipinski definition) is 4. The molecule has 2 aliphatic heterocycles. The minimum Gasteiger partial charge on any atom is -0.323 e. The number of benzene rings is 1. The minimum atomic E-state index is -3.26. The molecule has 0 aromatic heterocycles. The Balaban J connectivity index is 1.74. The molecule has 2 saturated heterocycles. The van der Waals surface area contributed by atoms with E-state index in [-0.39, 0.29) is 29.9 Å². The fraction of sp³-hybridized carbons (Fsp3) is 0.533. The summed E-state index contributed by atoms with van der Waals surface area (Å²) in [5, 5.41) is 1.79. The van der Waals surface area contributed by atoms with E-state index in [0.29, 0.717) is 12.6 Å². The van der Waals surface area contributed by atoms with Crippen molar-refractivity contribution in [3.8, 4) is 0 Å². The lowest BCUT2D eigenvalue weighted by molar-refractivity contribution is 0.210. The fourth-order valence-corrected chi connectivity index (χ4v) is 5.99. The van der Waals surface area contributed by atoms with Crippen molar-refractivity contribution in [3.63, 3.8) is 0 Å². The predicted molar refractivity (Wildman–Crippen MR) is 85.5 cm³/mol. The molecule has 2 fully saturated rings. The van der Waals surface area contributed by atoms with Crippen molar-refractivity contribution in [2.45, 2.75) is 11.3 Å². The van der Waals surface area contributed by atoms with Crippen LogP contribution in [-0.4, -0.2) is 68.5 Å². The molecule has 0 spiro atoms. The summed E-state index contributed by atoms with van der Waals surface area (Å²) in [6.07, 6.45) is 0. The van der Waals surface area contributed by atoms with Gasteiger partial charge in [0.05, 0.1) is 16.7 Å². The van der Waals surface area contributed by atoms with E-state index in [9.17, 15) is 22.0 Å². The van der Waals surface area contributed by atoms with Crippen molar-refractivity contribution >= 4 is 21.6 Å². The lowest BCUT2D eigenvalue weighted by Gasteiger charge is -2.25. The van der Waals surface area contributed by atoms with Gasteiger partial charge in [-0.1, -0.05) is 0 Å². The van der Waals surface area contributed by atoms with Crippen LogP contribution in [0.3, 0.4) is 0 Å². The second kappa shape index (κ2) is 5.96. The summed E-state index contributed by atoms with van der Waals surface area (Å²) in [6, 6.07) is 2.15. The van der Waals surface area contributed by atoms with Crippen molar-refractivity contribution in [1.82, 2.24) is 9.80 Å². The number of likely N-dealkylation sites (tertiary alicyclic amines) is 1. The van der Waals surface area contributed by atoms with Gasteiger partial charge in [-0.05, 0) is 26.2 Å². The Labute approximate surface area is 139 Å². The number of carbonyl (C=O) groups is 1. The number of nitrogens with one attached hydrogen (secondary N) is 1. The van der Waals surface area contributed by atoms with Crippen molar-refractivity contribution < 1.29 is 22.0 Å². The molecule has 1 N–H and O–H groups in total. The monoisotopic (exact) mass is 359 g/mol. The quantitative estimate of drug-likeness (QED) is 0.860. The number of amides is 2. The zero-order valence-corrected chi connectivity index (χ0v) is 14.2. The number of anilines is 1. The summed E-state index contributed by atoms with van der Waals surface area (Å²) in [7, 11) is 0.379. The number of rotatable bonds is 2. The second-order valence-corrected chi connectivity index (χ2v) is 8.79. The number of fused-ring (bicyclic) bond motifs is 1. The first-order chi connectivity index (χ1) is 11.2. The molecule has 1 aromatic carbocycles. The smallest absolute Gasteiger partial charge is 0.321 e. The van der Waals surface area contributed by atoms with E-state index < -0.39 is 32.8 Å². The van der Waals surface area contributed by atoms with E-state index in [1.165, 1.54) is 4.90 Å². The number of sulfone groups is 1. The van der Waals surface area contributed by atoms with Crippen LogP contribution in [0.5, 0.6) is 0 Å². The standard InChI is InChI=1S/C15H19F2N3O3S/c1-19(2)13-8-24(22,23)14-7-20(6-10(13)14)15(21)18-12-4-3-9(16)5-11(12)17/h3-5,10,13-14H,6-8H2,1-2H3,(H,18,21)/t10-,13+,14-/m0/s1. The highest BCUT2D eigenvalue weighted by Gasteiger charge is 2.53. The number of urea groups is 1. The maximum Gasteiger partial charge on any atom is 0.321 e. The van der Waals surface area contributed by atoms with Crippen LogP contribution in [0.15, 0.2) is 18.2 Å². The summed E-state index contributed by atoms with van der Waals surface area (Å²) < 4.78 is 51.1. The molecule has 1 aromatic rings. The SMILES string of the molecule is CN(C)[C@@H]1CS(=O)(=O)[C@H]2CN(C(=O)Nc3ccc(F)cc3F)C[C@@H]12. The first-order valence-corrected chi connectivity index (χ1v) is 9.29. The van der Waals surface area contributed by atoms with Crippen molar-refractivity contribution in [3.05, 3.63) is 29.8 Å². The largest absolute Gasteiger partial charge is 0.323 e. The Morgan fingerprint density at radius 3 is 2.62 bits per heavy atom. The van der Waals surface area contributed by atoms with Gasteiger partial charge in [0.1, 0.15) is 11.6 Å². The van der Waals surface area contributed by atoms with Gasteiger partial charge in [-0.15, -0.1) is 0 Å². The highest BCUT2D eigenvalue weighted by molar-refractivity contribution is 7.92. The summed E-state index contributed by atoms with van der Waals surface area (Å²) >= 11 is 0. The molecule has 0 radical (unpaired) electrons. The lowest BCUT2D eigenvalue weighted by atomic mass is 10.00. The zero-order valence-electron chi connectivity index (χ0n) is 13.4. The minimum absolute atomic E-state index is 0.0893. The van der Waals surface area contributed by atoms with Gasteiger partial charge in [-0.3, -0.25) is 0 Å². The fourth-order valence-electron chi connectivity index (χ4n) is 3.52. The van der Waals surface area contributed by atoms with Crippen molar-refractivity contribution in [1.29, 1.82) is 0 Å². The van der Waals surface area contributed by atoms with E-state index in [0.717, 1.165) is 12.1 Å². The molecular weight excluding hydrogens is 340 g/mol. The Morgan fingerprint density at radius 2 is 2.00 bits per heavy atom. The van der Waals surface area contributed by atoms with Gasteiger partial charge in [-0.25, -0.2) is 22.0 Å². The van der Waals surface area contributed by atoms with Crippen LogP contribution in [0.1, 0.15) is 0 Å². The summed E-state index contributed by atoms with van der Waals surface area (Å²) in [4.78, 5) is 15.6. The van der Waals surface area contributed by atoms with Crippen LogP contribution in [0.25, 0.3) is 0 Å². The highest BCUT2D eigenvalue weighted by atomic mass is 32.2. The van der Waals surface area contributed by atoms with Gasteiger partial charge >= 0.3 is 6.03 Å². The van der Waals surface area contributed by atoms with Gasteiger partial charge in [0.25, 0.3) is 0 Å². The third-order valence-corrected chi connectivity index (χ3v) is 7.02. The van der Waals surface area contributed by atoms with Crippen LogP contribution in [-0.2, 0) is 9.84 Å². The molecule has 6 nitrogen and oxygen atoms in total. The van der Waals surface area contributed by atoms with E-state index in [4.69, 9.17) is 0 Å². The van der Waals surface area contributed by atoms with Crippen LogP contribution in [0.2, 0.25) is 0 Å². The Kier molecular flexibility index (Phi) is 4.25. The second-order valence-electron chi connectivity index (χ2n) is 6.52. The maximum absolute atomic E-state index is 13.6. The Morgan fingerprint density at radius 1 is 1.29 bits per heavy atom. The molecule has 0 saturated carbocycles. The van der Waals surface area contributed by atoms with Crippen LogP contribution in [0.4, 0.5) is 19.3 Å². The van der Waals surface area contributed by atoms with Gasteiger partial charge < -0.3 is 15.1 Å². The molecule has 2 amide bonds. The Bertz CT molecular complexity index is 769. The average molecular weight is 359 g/mol. The van der Waals surface area contributed by atoms with E-state index in [2.05, 4.69) is 5.32 Å². The van der Waals surface area contributed by atoms with Crippen molar-refractivity contribution in [2.75, 3.05) is 38.3 Å². The number of hydrogen-bond donors (Lipinski definition) is 1. The number of nitrogens with zero attached hydrogens (tertiary/aromatic N) is 2. The average Bonchev–Trinajstić information content (AvgIpc) is 3.02. The van der Waals surface area contributed by atoms with Gasteiger partial charge in [0, 0.05) is 31.1 Å². The number of carbonyl (C=O) groups excluding carboxylic acids is 1. The van der Waals surface area contributed by atoms with E-state index >= 15 is 0 Å². The maximum atomic E-state index is 13.6. The first-order valence-electron chi connectivity index (χ1n) is 7.58. The van der Waals surface area contributed by atoms with Gasteiger partial charge in [0.15, 0.2) is 9.84 Å². The Hall–Kier alpha value is -1.74. The molecule has 132 valence electrons. The normalized spacial score (nSPS) is 28.2. The molecule has 3 atom stereocenters. The third kappa shape index (κ3) is 2.98. The predicted octanol–water partition coefficient (Wildman–Crippen LogP) is 1.16. The van der Waals surface area contributed by atoms with Crippen LogP contribution in [0, 0.1) is 17.6 Å². The molecule has 0 unspecified atom stereocenters. The van der Waals surface area contributed by atoms with E-state index in [1.807, 2.05) is 19.0 Å².